The lowest BCUT2D eigenvalue weighted by Gasteiger charge is -2.16. The minimum absolute atomic E-state index is 0.0575. The largest absolute Gasteiger partial charge is 0.494 e. The highest BCUT2D eigenvalue weighted by Gasteiger charge is 2.30. The van der Waals surface area contributed by atoms with Crippen molar-refractivity contribution in [3.8, 4) is 5.75 Å². The normalized spacial score (nSPS) is 14.9. The van der Waals surface area contributed by atoms with Crippen molar-refractivity contribution in [3.05, 3.63) is 35.5 Å². The van der Waals surface area contributed by atoms with Gasteiger partial charge in [-0.15, -0.1) is 10.2 Å². The topological polar surface area (TPSA) is 167 Å². The van der Waals surface area contributed by atoms with E-state index < -0.39 is 12.9 Å². The molecule has 30 heavy (non-hydrogen) atoms. The molecule has 0 bridgehead atoms. The van der Waals surface area contributed by atoms with Crippen LogP contribution in [-0.2, 0) is 4.79 Å². The molecule has 0 atom stereocenters. The standard InChI is InChI=1S/C19H22N8O3/c1-22-19(29)15-13(8-14(26-27-15)25-18(28)10-6-7-10)24-12-5-3-4-11(16(12)30-2)17(21)23-9-20/h3-5,8-10H,6-7H2,1-2H3,(H,22,29)(H3,20,21,23)(H2,24,25,26,28)/i1D3. The molecule has 1 aliphatic rings. The van der Waals surface area contributed by atoms with Crippen molar-refractivity contribution < 1.29 is 18.4 Å². The Hall–Kier alpha value is -4.02. The average molecular weight is 413 g/mol. The number of benzene rings is 1. The number of para-hydroxylation sites is 1. The van der Waals surface area contributed by atoms with Crippen molar-refractivity contribution in [2.75, 3.05) is 24.7 Å². The Morgan fingerprint density at radius 1 is 1.37 bits per heavy atom. The van der Waals surface area contributed by atoms with Crippen LogP contribution in [0.15, 0.2) is 29.3 Å². The number of hydrogen-bond donors (Lipinski definition) is 5. The van der Waals surface area contributed by atoms with Gasteiger partial charge in [0.15, 0.2) is 23.1 Å². The second-order valence-corrected chi connectivity index (χ2v) is 6.35. The second-order valence-electron chi connectivity index (χ2n) is 6.35. The zero-order valence-corrected chi connectivity index (χ0v) is 16.0. The molecule has 11 nitrogen and oxygen atoms in total. The van der Waals surface area contributed by atoms with Gasteiger partial charge in [-0.1, -0.05) is 6.07 Å². The molecule has 6 N–H and O–H groups in total. The van der Waals surface area contributed by atoms with Crippen LogP contribution in [0.4, 0.5) is 17.2 Å². The van der Waals surface area contributed by atoms with E-state index in [-0.39, 0.29) is 40.6 Å². The third-order valence-electron chi connectivity index (χ3n) is 4.27. The molecule has 0 unspecified atom stereocenters. The van der Waals surface area contributed by atoms with Crippen LogP contribution in [0.2, 0.25) is 0 Å². The van der Waals surface area contributed by atoms with E-state index in [9.17, 15) is 9.59 Å². The Morgan fingerprint density at radius 2 is 2.17 bits per heavy atom. The number of methoxy groups -OCH3 is 1. The van der Waals surface area contributed by atoms with E-state index in [0.717, 1.165) is 19.2 Å². The first-order chi connectivity index (χ1) is 15.6. The summed E-state index contributed by atoms with van der Waals surface area (Å²) in [5.74, 6) is -1.18. The first-order valence-electron chi connectivity index (χ1n) is 10.4. The van der Waals surface area contributed by atoms with E-state index in [4.69, 9.17) is 20.0 Å². The van der Waals surface area contributed by atoms with Crippen LogP contribution in [0, 0.1) is 11.3 Å². The highest BCUT2D eigenvalue weighted by atomic mass is 16.5. The molecular weight excluding hydrogens is 388 g/mol. The Bertz CT molecular complexity index is 1120. The smallest absolute Gasteiger partial charge is 0.273 e. The predicted molar refractivity (Wildman–Crippen MR) is 113 cm³/mol. The molecule has 1 aromatic carbocycles. The molecule has 0 saturated heterocycles. The van der Waals surface area contributed by atoms with Crippen LogP contribution >= 0.6 is 0 Å². The molecule has 2 aromatic rings. The van der Waals surface area contributed by atoms with Gasteiger partial charge in [0, 0.05) is 23.1 Å². The van der Waals surface area contributed by atoms with E-state index in [1.165, 1.54) is 13.2 Å². The van der Waals surface area contributed by atoms with Gasteiger partial charge in [-0.25, -0.2) is 4.99 Å². The van der Waals surface area contributed by atoms with Crippen LogP contribution in [0.1, 0.15) is 33.0 Å². The lowest BCUT2D eigenvalue weighted by Crippen LogP contribution is -2.22. The fourth-order valence-electron chi connectivity index (χ4n) is 2.68. The molecule has 0 spiro atoms. The van der Waals surface area contributed by atoms with Crippen LogP contribution in [-0.4, -0.2) is 48.3 Å². The van der Waals surface area contributed by atoms with Crippen molar-refractivity contribution in [3.63, 3.8) is 0 Å². The molecule has 2 amide bonds. The molecule has 1 heterocycles. The van der Waals surface area contributed by atoms with Gasteiger partial charge in [-0.3, -0.25) is 15.0 Å². The van der Waals surface area contributed by atoms with E-state index in [1.54, 1.807) is 18.2 Å². The van der Waals surface area contributed by atoms with Gasteiger partial charge < -0.3 is 26.4 Å². The number of nitrogens with one attached hydrogen (secondary N) is 4. The lowest BCUT2D eigenvalue weighted by molar-refractivity contribution is -0.117. The summed E-state index contributed by atoms with van der Waals surface area (Å²) in [5.41, 5.74) is 5.64. The van der Waals surface area contributed by atoms with Crippen molar-refractivity contribution in [2.45, 2.75) is 12.8 Å². The molecule has 0 aliphatic heterocycles. The van der Waals surface area contributed by atoms with Gasteiger partial charge in [-0.05, 0) is 25.0 Å². The summed E-state index contributed by atoms with van der Waals surface area (Å²) >= 11 is 0. The van der Waals surface area contributed by atoms with Crippen molar-refractivity contribution in [1.82, 2.24) is 15.5 Å². The number of carbonyl (C=O) groups is 2. The minimum atomic E-state index is -2.75. The van der Waals surface area contributed by atoms with Gasteiger partial charge in [0.05, 0.1) is 30.4 Å². The minimum Gasteiger partial charge on any atom is -0.494 e. The maximum Gasteiger partial charge on any atom is 0.273 e. The Kier molecular flexibility index (Phi) is 5.06. The molecular formula is C19H22N8O3. The molecule has 156 valence electrons. The summed E-state index contributed by atoms with van der Waals surface area (Å²) in [6.45, 7) is -2.75. The third kappa shape index (κ3) is 4.51. The number of carbonyl (C=O) groups excluding carboxylic acids is 2. The van der Waals surface area contributed by atoms with E-state index >= 15 is 0 Å². The summed E-state index contributed by atoms with van der Waals surface area (Å²) in [6, 6.07) is 6.17. The molecule has 0 radical (unpaired) electrons. The monoisotopic (exact) mass is 413 g/mol. The van der Waals surface area contributed by atoms with Gasteiger partial charge in [0.25, 0.3) is 5.91 Å². The van der Waals surface area contributed by atoms with Crippen LogP contribution < -0.4 is 26.4 Å². The summed E-state index contributed by atoms with van der Waals surface area (Å²) in [5, 5.41) is 23.1. The van der Waals surface area contributed by atoms with E-state index in [2.05, 4.69) is 25.8 Å². The summed E-state index contributed by atoms with van der Waals surface area (Å²) in [4.78, 5) is 28.4. The number of aliphatic imine (C=N–C) groups is 1. The maximum atomic E-state index is 12.5. The number of amidine groups is 1. The first-order valence-corrected chi connectivity index (χ1v) is 8.91. The highest BCUT2D eigenvalue weighted by molar-refractivity contribution is 6.05. The SMILES string of the molecule is [2H]C([2H])([2H])NC(=O)c1nnc(NC(=O)C2CC2)cc1Nc1cccc(C(=N)N=CN)c1OC. The molecule has 1 aliphatic carbocycles. The molecule has 1 fully saturated rings. The fourth-order valence-corrected chi connectivity index (χ4v) is 2.68. The maximum absolute atomic E-state index is 12.5. The highest BCUT2D eigenvalue weighted by Crippen LogP contribution is 2.34. The van der Waals surface area contributed by atoms with Crippen LogP contribution in [0.5, 0.6) is 5.75 Å². The van der Waals surface area contributed by atoms with Crippen LogP contribution in [0.3, 0.4) is 0 Å². The number of nitrogens with zero attached hydrogens (tertiary/aromatic N) is 3. The van der Waals surface area contributed by atoms with E-state index in [0.29, 0.717) is 11.3 Å². The number of amides is 2. The molecule has 1 saturated carbocycles. The summed E-state index contributed by atoms with van der Waals surface area (Å²) in [6.07, 6.45) is 2.54. The number of rotatable bonds is 7. The van der Waals surface area contributed by atoms with Gasteiger partial charge in [-0.2, -0.15) is 0 Å². The van der Waals surface area contributed by atoms with Gasteiger partial charge in [0.2, 0.25) is 5.91 Å². The second kappa shape index (κ2) is 8.99. The Morgan fingerprint density at radius 3 is 2.83 bits per heavy atom. The predicted octanol–water partition coefficient (Wildman–Crippen LogP) is 1.25. The van der Waals surface area contributed by atoms with Gasteiger partial charge >= 0.3 is 0 Å². The molecule has 11 heteroatoms. The van der Waals surface area contributed by atoms with Crippen molar-refractivity contribution in [2.24, 2.45) is 16.6 Å². The number of ether oxygens (including phenoxy) is 1. The first kappa shape index (κ1) is 16.9. The molecule has 3 rings (SSSR count). The quantitative estimate of drug-likeness (QED) is 0.336. The summed E-state index contributed by atoms with van der Waals surface area (Å²) < 4.78 is 27.3. The van der Waals surface area contributed by atoms with Gasteiger partial charge in [0.1, 0.15) is 0 Å². The average Bonchev–Trinajstić information content (AvgIpc) is 3.58. The van der Waals surface area contributed by atoms with E-state index in [1.807, 2.05) is 5.32 Å². The third-order valence-corrected chi connectivity index (χ3v) is 4.27. The number of aromatic nitrogens is 2. The number of hydrogen-bond acceptors (Lipinski definition) is 7. The fraction of sp³-hybridized carbons (Fsp3) is 0.263. The Labute approximate surface area is 176 Å². The Balaban J connectivity index is 2.01. The number of anilines is 3. The summed E-state index contributed by atoms with van der Waals surface area (Å²) in [7, 11) is 1.39. The number of nitrogens with two attached hydrogens (primary N) is 1. The van der Waals surface area contributed by atoms with Crippen molar-refractivity contribution in [1.29, 1.82) is 5.41 Å². The zero-order chi connectivity index (χ0) is 24.2. The molecule has 1 aromatic heterocycles. The lowest BCUT2D eigenvalue weighted by atomic mass is 10.1. The van der Waals surface area contributed by atoms with Crippen molar-refractivity contribution >= 4 is 41.2 Å². The van der Waals surface area contributed by atoms with Crippen LogP contribution in [0.25, 0.3) is 0 Å². The zero-order valence-electron chi connectivity index (χ0n) is 19.0.